The number of methoxy groups -OCH3 is 2. The number of carbonyl (C=O) groups is 2. The highest BCUT2D eigenvalue weighted by Gasteiger charge is 2.37. The molecule has 0 spiro atoms. The maximum Gasteiger partial charge on any atom is 0.255 e. The molecule has 1 saturated heterocycles. The Kier molecular flexibility index (Phi) is 6.82. The Hall–Kier alpha value is -2.93. The van der Waals surface area contributed by atoms with E-state index in [4.69, 9.17) is 9.47 Å². The molecular formula is C22H27N3O4. The number of rotatable bonds is 7. The van der Waals surface area contributed by atoms with E-state index in [0.29, 0.717) is 56.0 Å². The highest BCUT2D eigenvalue weighted by atomic mass is 16.5. The predicted molar refractivity (Wildman–Crippen MR) is 109 cm³/mol. The number of pyridine rings is 1. The molecule has 1 aromatic heterocycles. The average Bonchev–Trinajstić information content (AvgIpc) is 2.78. The van der Waals surface area contributed by atoms with Crippen LogP contribution in [0.5, 0.6) is 5.88 Å². The van der Waals surface area contributed by atoms with Gasteiger partial charge in [0.15, 0.2) is 0 Å². The molecule has 0 unspecified atom stereocenters. The summed E-state index contributed by atoms with van der Waals surface area (Å²) in [6.07, 6.45) is 3.58. The molecule has 1 N–H and O–H groups in total. The van der Waals surface area contributed by atoms with Crippen LogP contribution in [0.15, 0.2) is 48.7 Å². The molecule has 0 atom stereocenters. The third-order valence-corrected chi connectivity index (χ3v) is 5.40. The highest BCUT2D eigenvalue weighted by Crippen LogP contribution is 2.27. The zero-order valence-corrected chi connectivity index (χ0v) is 16.9. The Morgan fingerprint density at radius 2 is 1.79 bits per heavy atom. The normalized spacial score (nSPS) is 15.6. The largest absolute Gasteiger partial charge is 0.481 e. The van der Waals surface area contributed by atoms with Crippen molar-refractivity contribution in [1.29, 1.82) is 0 Å². The van der Waals surface area contributed by atoms with E-state index in [1.165, 1.54) is 13.3 Å². The minimum atomic E-state index is -0.391. The van der Waals surface area contributed by atoms with Crippen molar-refractivity contribution in [2.75, 3.05) is 33.9 Å². The van der Waals surface area contributed by atoms with Crippen LogP contribution in [0.1, 0.15) is 40.0 Å². The van der Waals surface area contributed by atoms with Crippen LogP contribution in [-0.4, -0.2) is 61.2 Å². The summed E-state index contributed by atoms with van der Waals surface area (Å²) < 4.78 is 10.3. The first-order valence-corrected chi connectivity index (χ1v) is 9.73. The minimum Gasteiger partial charge on any atom is -0.481 e. The standard InChI is InChI=1S/C22H27N3O4/c1-28-15-12-22(24-20(26)17-6-4-3-5-7-17)10-13-25(14-11-22)21(27)18-8-9-19(29-2)23-16-18/h3-9,16H,10-15H2,1-2H3,(H,24,26). The number of ether oxygens (including phenoxy) is 2. The summed E-state index contributed by atoms with van der Waals surface area (Å²) in [7, 11) is 3.19. The number of nitrogens with zero attached hydrogens (tertiary/aromatic N) is 2. The van der Waals surface area contributed by atoms with Gasteiger partial charge in [0.1, 0.15) is 0 Å². The minimum absolute atomic E-state index is 0.0603. The van der Waals surface area contributed by atoms with Crippen LogP contribution in [0.2, 0.25) is 0 Å². The van der Waals surface area contributed by atoms with Gasteiger partial charge in [-0.15, -0.1) is 0 Å². The SMILES string of the molecule is COCCC1(NC(=O)c2ccccc2)CCN(C(=O)c2ccc(OC)nc2)CC1. The van der Waals surface area contributed by atoms with Gasteiger partial charge in [-0.25, -0.2) is 4.98 Å². The molecule has 0 aliphatic carbocycles. The van der Waals surface area contributed by atoms with E-state index in [0.717, 1.165) is 0 Å². The van der Waals surface area contributed by atoms with Crippen molar-refractivity contribution in [3.63, 3.8) is 0 Å². The fourth-order valence-electron chi connectivity index (χ4n) is 3.59. The molecule has 0 radical (unpaired) electrons. The average molecular weight is 397 g/mol. The van der Waals surface area contributed by atoms with Gasteiger partial charge >= 0.3 is 0 Å². The monoisotopic (exact) mass is 397 g/mol. The van der Waals surface area contributed by atoms with Crippen LogP contribution in [0.3, 0.4) is 0 Å². The smallest absolute Gasteiger partial charge is 0.255 e. The number of benzene rings is 1. The number of hydrogen-bond acceptors (Lipinski definition) is 5. The topological polar surface area (TPSA) is 80.8 Å². The lowest BCUT2D eigenvalue weighted by atomic mass is 9.84. The lowest BCUT2D eigenvalue weighted by Crippen LogP contribution is -2.56. The van der Waals surface area contributed by atoms with Crippen molar-refractivity contribution in [3.05, 3.63) is 59.8 Å². The van der Waals surface area contributed by atoms with Crippen LogP contribution >= 0.6 is 0 Å². The first-order valence-electron chi connectivity index (χ1n) is 9.73. The first kappa shape index (κ1) is 20.8. The molecule has 0 bridgehead atoms. The molecule has 2 heterocycles. The summed E-state index contributed by atoms with van der Waals surface area (Å²) in [6.45, 7) is 1.67. The van der Waals surface area contributed by atoms with Crippen LogP contribution in [0.4, 0.5) is 0 Å². The Balaban J connectivity index is 1.67. The summed E-state index contributed by atoms with van der Waals surface area (Å²) in [4.78, 5) is 31.4. The molecule has 1 fully saturated rings. The third-order valence-electron chi connectivity index (χ3n) is 5.40. The molecule has 154 valence electrons. The van der Waals surface area contributed by atoms with Gasteiger partial charge in [0.2, 0.25) is 5.88 Å². The van der Waals surface area contributed by atoms with Gasteiger partial charge in [-0.05, 0) is 37.5 Å². The number of nitrogens with one attached hydrogen (secondary N) is 1. The van der Waals surface area contributed by atoms with Gasteiger partial charge in [-0.1, -0.05) is 18.2 Å². The van der Waals surface area contributed by atoms with E-state index < -0.39 is 5.54 Å². The van der Waals surface area contributed by atoms with Crippen LogP contribution in [0, 0.1) is 0 Å². The Labute approximate surface area is 171 Å². The van der Waals surface area contributed by atoms with E-state index in [-0.39, 0.29) is 11.8 Å². The number of carbonyl (C=O) groups excluding carboxylic acids is 2. The van der Waals surface area contributed by atoms with Crippen molar-refractivity contribution in [2.45, 2.75) is 24.8 Å². The zero-order valence-electron chi connectivity index (χ0n) is 16.9. The molecule has 2 aromatic rings. The van der Waals surface area contributed by atoms with Crippen molar-refractivity contribution in [3.8, 4) is 5.88 Å². The fourth-order valence-corrected chi connectivity index (χ4v) is 3.59. The quantitative estimate of drug-likeness (QED) is 0.777. The highest BCUT2D eigenvalue weighted by molar-refractivity contribution is 5.95. The number of hydrogen-bond donors (Lipinski definition) is 1. The number of piperidine rings is 1. The van der Waals surface area contributed by atoms with E-state index >= 15 is 0 Å². The van der Waals surface area contributed by atoms with Gasteiger partial charge in [-0.2, -0.15) is 0 Å². The Morgan fingerprint density at radius 3 is 2.38 bits per heavy atom. The van der Waals surface area contributed by atoms with Crippen LogP contribution in [-0.2, 0) is 4.74 Å². The summed E-state index contributed by atoms with van der Waals surface area (Å²) >= 11 is 0. The van der Waals surface area contributed by atoms with E-state index in [1.807, 2.05) is 23.1 Å². The van der Waals surface area contributed by atoms with Crippen molar-refractivity contribution in [2.24, 2.45) is 0 Å². The number of aromatic nitrogens is 1. The fraction of sp³-hybridized carbons (Fsp3) is 0.409. The molecule has 7 heteroatoms. The number of amides is 2. The molecule has 1 aromatic carbocycles. The molecule has 3 rings (SSSR count). The number of likely N-dealkylation sites (tertiary alicyclic amines) is 1. The zero-order chi connectivity index (χ0) is 20.7. The molecule has 2 amide bonds. The molecule has 7 nitrogen and oxygen atoms in total. The molecule has 0 saturated carbocycles. The summed E-state index contributed by atoms with van der Waals surface area (Å²) in [5.74, 6) is 0.318. The molecule has 1 aliphatic rings. The molecule has 1 aliphatic heterocycles. The Bertz CT molecular complexity index is 816. The molecule has 29 heavy (non-hydrogen) atoms. The summed E-state index contributed by atoms with van der Waals surface area (Å²) in [5, 5.41) is 3.21. The lowest BCUT2D eigenvalue weighted by molar-refractivity contribution is 0.0558. The van der Waals surface area contributed by atoms with E-state index in [2.05, 4.69) is 10.3 Å². The second-order valence-corrected chi connectivity index (χ2v) is 7.22. The second kappa shape index (κ2) is 9.52. The van der Waals surface area contributed by atoms with Crippen molar-refractivity contribution >= 4 is 11.8 Å². The molecular weight excluding hydrogens is 370 g/mol. The predicted octanol–water partition coefficient (Wildman–Crippen LogP) is 2.53. The lowest BCUT2D eigenvalue weighted by Gasteiger charge is -2.42. The van der Waals surface area contributed by atoms with Crippen molar-refractivity contribution in [1.82, 2.24) is 15.2 Å². The van der Waals surface area contributed by atoms with Gasteiger partial charge < -0.3 is 19.7 Å². The first-order chi connectivity index (χ1) is 14.1. The van der Waals surface area contributed by atoms with Crippen LogP contribution in [0.25, 0.3) is 0 Å². The van der Waals surface area contributed by atoms with E-state index in [9.17, 15) is 9.59 Å². The maximum absolute atomic E-state index is 12.8. The Morgan fingerprint density at radius 1 is 1.07 bits per heavy atom. The van der Waals surface area contributed by atoms with Gasteiger partial charge in [0.25, 0.3) is 11.8 Å². The van der Waals surface area contributed by atoms with Gasteiger partial charge in [-0.3, -0.25) is 9.59 Å². The van der Waals surface area contributed by atoms with Gasteiger partial charge in [0.05, 0.1) is 12.7 Å². The van der Waals surface area contributed by atoms with Crippen molar-refractivity contribution < 1.29 is 19.1 Å². The van der Waals surface area contributed by atoms with Gasteiger partial charge in [0, 0.05) is 50.2 Å². The maximum atomic E-state index is 12.8. The van der Waals surface area contributed by atoms with Crippen LogP contribution < -0.4 is 10.1 Å². The second-order valence-electron chi connectivity index (χ2n) is 7.22. The third kappa shape index (κ3) is 5.12. The summed E-state index contributed by atoms with van der Waals surface area (Å²) in [6, 6.07) is 12.6. The summed E-state index contributed by atoms with van der Waals surface area (Å²) in [5.41, 5.74) is 0.772. The van der Waals surface area contributed by atoms with E-state index in [1.54, 1.807) is 31.4 Å².